The zero-order valence-electron chi connectivity index (χ0n) is 8.43. The number of alkyl halides is 2. The maximum absolute atomic E-state index is 12.8. The third kappa shape index (κ3) is 2.51. The van der Waals surface area contributed by atoms with Crippen LogP contribution in [0.2, 0.25) is 0 Å². The van der Waals surface area contributed by atoms with Crippen molar-refractivity contribution >= 4 is 0 Å². The molecular formula is C11H15F2N. The molecule has 0 aromatic heterocycles. The van der Waals surface area contributed by atoms with Crippen molar-refractivity contribution in [2.45, 2.75) is 25.7 Å². The number of nitrogens with two attached hydrogens (primary N) is 1. The fourth-order valence-electron chi connectivity index (χ4n) is 1.24. The highest BCUT2D eigenvalue weighted by molar-refractivity contribution is 5.27. The summed E-state index contributed by atoms with van der Waals surface area (Å²) in [4.78, 5) is 0. The predicted octanol–water partition coefficient (Wildman–Crippen LogP) is 2.86. The largest absolute Gasteiger partial charge is 0.330 e. The van der Waals surface area contributed by atoms with Gasteiger partial charge in [-0.1, -0.05) is 31.2 Å². The normalized spacial score (nSPS) is 14.1. The van der Waals surface area contributed by atoms with E-state index >= 15 is 0 Å². The van der Waals surface area contributed by atoms with E-state index < -0.39 is 5.92 Å². The first-order chi connectivity index (χ1) is 6.45. The van der Waals surface area contributed by atoms with Crippen molar-refractivity contribution in [1.29, 1.82) is 0 Å². The summed E-state index contributed by atoms with van der Waals surface area (Å²) >= 11 is 0. The Morgan fingerprint density at radius 2 is 1.79 bits per heavy atom. The van der Waals surface area contributed by atoms with E-state index in [4.69, 9.17) is 5.73 Å². The molecule has 0 radical (unpaired) electrons. The summed E-state index contributed by atoms with van der Waals surface area (Å²) in [6.07, 6.45) is 0. The summed E-state index contributed by atoms with van der Waals surface area (Å²) in [5.74, 6) is -2.54. The average Bonchev–Trinajstić information content (AvgIpc) is 2.15. The second kappa shape index (κ2) is 4.05. The van der Waals surface area contributed by atoms with E-state index in [0.29, 0.717) is 6.54 Å². The number of rotatable bonds is 3. The molecule has 1 nitrogen and oxygen atoms in total. The lowest BCUT2D eigenvalue weighted by atomic mass is 9.99. The predicted molar refractivity (Wildman–Crippen MR) is 53.5 cm³/mol. The van der Waals surface area contributed by atoms with Crippen LogP contribution < -0.4 is 5.73 Å². The molecule has 0 spiro atoms. The molecule has 1 unspecified atom stereocenters. The van der Waals surface area contributed by atoms with Crippen LogP contribution in [-0.4, -0.2) is 6.54 Å². The summed E-state index contributed by atoms with van der Waals surface area (Å²) < 4.78 is 25.7. The number of hydrogen-bond acceptors (Lipinski definition) is 1. The smallest absolute Gasteiger partial charge is 0.270 e. The standard InChI is InChI=1S/C11H15F2N/c1-8(7-14)9-3-5-10(6-4-9)11(2,12)13/h3-6,8H,7,14H2,1-2H3. The molecule has 2 N–H and O–H groups in total. The van der Waals surface area contributed by atoms with Gasteiger partial charge in [0, 0.05) is 12.5 Å². The van der Waals surface area contributed by atoms with Crippen LogP contribution in [0.1, 0.15) is 30.9 Å². The van der Waals surface area contributed by atoms with Gasteiger partial charge in [-0.25, -0.2) is 8.78 Å². The lowest BCUT2D eigenvalue weighted by Gasteiger charge is -2.13. The van der Waals surface area contributed by atoms with Gasteiger partial charge in [0.25, 0.3) is 5.92 Å². The SMILES string of the molecule is CC(CN)c1ccc(C(C)(F)F)cc1. The van der Waals surface area contributed by atoms with Crippen molar-refractivity contribution in [2.75, 3.05) is 6.54 Å². The molecule has 14 heavy (non-hydrogen) atoms. The molecule has 0 saturated heterocycles. The van der Waals surface area contributed by atoms with E-state index in [1.807, 2.05) is 6.92 Å². The van der Waals surface area contributed by atoms with E-state index in [2.05, 4.69) is 0 Å². The molecule has 0 amide bonds. The monoisotopic (exact) mass is 199 g/mol. The summed E-state index contributed by atoms with van der Waals surface area (Å²) in [5.41, 5.74) is 6.53. The van der Waals surface area contributed by atoms with E-state index in [-0.39, 0.29) is 11.5 Å². The molecule has 1 rings (SSSR count). The Kier molecular flexibility index (Phi) is 3.21. The van der Waals surface area contributed by atoms with Crippen molar-refractivity contribution in [2.24, 2.45) is 5.73 Å². The molecule has 0 fully saturated rings. The van der Waals surface area contributed by atoms with Gasteiger partial charge in [0.1, 0.15) is 0 Å². The van der Waals surface area contributed by atoms with Crippen LogP contribution in [0.5, 0.6) is 0 Å². The highest BCUT2D eigenvalue weighted by Crippen LogP contribution is 2.27. The van der Waals surface area contributed by atoms with E-state index in [9.17, 15) is 8.78 Å². The van der Waals surface area contributed by atoms with E-state index in [0.717, 1.165) is 12.5 Å². The molecule has 0 aliphatic heterocycles. The molecular weight excluding hydrogens is 184 g/mol. The van der Waals surface area contributed by atoms with Crippen LogP contribution in [0.25, 0.3) is 0 Å². The van der Waals surface area contributed by atoms with Gasteiger partial charge in [0.2, 0.25) is 0 Å². The number of hydrogen-bond donors (Lipinski definition) is 1. The first-order valence-electron chi connectivity index (χ1n) is 4.63. The lowest BCUT2D eigenvalue weighted by molar-refractivity contribution is 0.0174. The summed E-state index contributed by atoms with van der Waals surface area (Å²) in [6, 6.07) is 6.34. The van der Waals surface area contributed by atoms with E-state index in [1.165, 1.54) is 12.1 Å². The Morgan fingerprint density at radius 3 is 2.14 bits per heavy atom. The minimum absolute atomic E-state index is 0.0467. The van der Waals surface area contributed by atoms with Crippen molar-refractivity contribution in [3.8, 4) is 0 Å². The molecule has 1 aromatic rings. The van der Waals surface area contributed by atoms with Gasteiger partial charge in [-0.05, 0) is 18.0 Å². The Labute approximate surface area is 82.9 Å². The topological polar surface area (TPSA) is 26.0 Å². The maximum Gasteiger partial charge on any atom is 0.270 e. The first-order valence-corrected chi connectivity index (χ1v) is 4.63. The van der Waals surface area contributed by atoms with Crippen LogP contribution in [0, 0.1) is 0 Å². The molecule has 0 bridgehead atoms. The van der Waals surface area contributed by atoms with Crippen LogP contribution in [0.4, 0.5) is 8.78 Å². The summed E-state index contributed by atoms with van der Waals surface area (Å²) in [5, 5.41) is 0. The quantitative estimate of drug-likeness (QED) is 0.795. The Balaban J connectivity index is 2.89. The van der Waals surface area contributed by atoms with Gasteiger partial charge in [-0.3, -0.25) is 0 Å². The number of halogens is 2. The van der Waals surface area contributed by atoms with Crippen LogP contribution in [0.3, 0.4) is 0 Å². The Morgan fingerprint density at radius 1 is 1.29 bits per heavy atom. The van der Waals surface area contributed by atoms with Gasteiger partial charge in [-0.15, -0.1) is 0 Å². The Hall–Kier alpha value is -0.960. The van der Waals surface area contributed by atoms with E-state index in [1.54, 1.807) is 12.1 Å². The fraction of sp³-hybridized carbons (Fsp3) is 0.455. The number of benzene rings is 1. The molecule has 1 aromatic carbocycles. The van der Waals surface area contributed by atoms with Crippen molar-refractivity contribution in [1.82, 2.24) is 0 Å². The van der Waals surface area contributed by atoms with Crippen LogP contribution >= 0.6 is 0 Å². The Bertz CT molecular complexity index is 287. The highest BCUT2D eigenvalue weighted by atomic mass is 19.3. The molecule has 0 aliphatic carbocycles. The highest BCUT2D eigenvalue weighted by Gasteiger charge is 2.23. The first kappa shape index (κ1) is 11.1. The van der Waals surface area contributed by atoms with Gasteiger partial charge < -0.3 is 5.73 Å². The van der Waals surface area contributed by atoms with Crippen LogP contribution in [0.15, 0.2) is 24.3 Å². The second-order valence-corrected chi connectivity index (χ2v) is 3.65. The zero-order chi connectivity index (χ0) is 10.8. The van der Waals surface area contributed by atoms with Gasteiger partial charge >= 0.3 is 0 Å². The molecule has 0 heterocycles. The molecule has 3 heteroatoms. The molecule has 0 saturated carbocycles. The van der Waals surface area contributed by atoms with Crippen molar-refractivity contribution < 1.29 is 8.78 Å². The molecule has 78 valence electrons. The summed E-state index contributed by atoms with van der Waals surface area (Å²) in [7, 11) is 0. The third-order valence-corrected chi connectivity index (χ3v) is 2.34. The summed E-state index contributed by atoms with van der Waals surface area (Å²) in [6.45, 7) is 3.40. The third-order valence-electron chi connectivity index (χ3n) is 2.34. The average molecular weight is 199 g/mol. The maximum atomic E-state index is 12.8. The lowest BCUT2D eigenvalue weighted by Crippen LogP contribution is -2.10. The second-order valence-electron chi connectivity index (χ2n) is 3.65. The fourth-order valence-corrected chi connectivity index (χ4v) is 1.24. The minimum Gasteiger partial charge on any atom is -0.330 e. The van der Waals surface area contributed by atoms with Gasteiger partial charge in [0.15, 0.2) is 0 Å². The van der Waals surface area contributed by atoms with Gasteiger partial charge in [0.05, 0.1) is 0 Å². The zero-order valence-corrected chi connectivity index (χ0v) is 8.43. The molecule has 1 atom stereocenters. The molecule has 0 aliphatic rings. The minimum atomic E-state index is -2.76. The van der Waals surface area contributed by atoms with Gasteiger partial charge in [-0.2, -0.15) is 0 Å². The van der Waals surface area contributed by atoms with Crippen LogP contribution in [-0.2, 0) is 5.92 Å². The van der Waals surface area contributed by atoms with Crippen molar-refractivity contribution in [3.63, 3.8) is 0 Å². The van der Waals surface area contributed by atoms with Crippen molar-refractivity contribution in [3.05, 3.63) is 35.4 Å².